The molecule has 1 fully saturated rings. The average Bonchev–Trinajstić information content (AvgIpc) is 2.60. The van der Waals surface area contributed by atoms with Crippen molar-refractivity contribution in [1.29, 1.82) is 0 Å². The van der Waals surface area contributed by atoms with Crippen molar-refractivity contribution in [1.82, 2.24) is 5.32 Å². The minimum atomic E-state index is -0.145. The Balaban J connectivity index is 2.26. The summed E-state index contributed by atoms with van der Waals surface area (Å²) in [5.41, 5.74) is 2.70. The van der Waals surface area contributed by atoms with E-state index in [1.54, 1.807) is 12.1 Å². The van der Waals surface area contributed by atoms with Gasteiger partial charge >= 0.3 is 0 Å². The molecular weight excluding hydrogens is 263 g/mol. The maximum absolute atomic E-state index is 13.7. The third kappa shape index (κ3) is 4.19. The van der Waals surface area contributed by atoms with Gasteiger partial charge in [0.25, 0.3) is 0 Å². The minimum absolute atomic E-state index is 0.145. The van der Waals surface area contributed by atoms with Crippen LogP contribution >= 0.6 is 0 Å². The lowest BCUT2D eigenvalue weighted by Crippen LogP contribution is -2.28. The molecule has 118 valence electrons. The molecule has 1 heterocycles. The first-order chi connectivity index (χ1) is 9.93. The Hall–Kier alpha value is -1.09. The molecule has 1 aliphatic rings. The molecule has 21 heavy (non-hydrogen) atoms. The van der Waals surface area contributed by atoms with Crippen molar-refractivity contribution in [2.75, 3.05) is 24.5 Å². The third-order valence-corrected chi connectivity index (χ3v) is 4.65. The first-order valence-electron chi connectivity index (χ1n) is 8.21. The van der Waals surface area contributed by atoms with Crippen molar-refractivity contribution in [2.24, 2.45) is 5.41 Å². The van der Waals surface area contributed by atoms with Crippen LogP contribution in [0.3, 0.4) is 0 Å². The van der Waals surface area contributed by atoms with Crippen LogP contribution in [0.5, 0.6) is 0 Å². The van der Waals surface area contributed by atoms with E-state index in [1.165, 1.54) is 24.9 Å². The largest absolute Gasteiger partial charge is 0.371 e. The number of anilines is 1. The molecule has 1 aromatic rings. The van der Waals surface area contributed by atoms with Gasteiger partial charge in [-0.15, -0.1) is 0 Å². The van der Waals surface area contributed by atoms with Gasteiger partial charge in [0.2, 0.25) is 0 Å². The van der Waals surface area contributed by atoms with Crippen molar-refractivity contribution in [2.45, 2.75) is 53.0 Å². The standard InChI is InChI=1S/C18H29FN2/c1-5-20-14(2)16-13-15(19)7-8-17(16)21-11-6-9-18(3,4)10-12-21/h7-8,13-14,20H,5-6,9-12H2,1-4H3. The van der Waals surface area contributed by atoms with Gasteiger partial charge in [0.05, 0.1) is 0 Å². The second-order valence-corrected chi connectivity index (χ2v) is 6.99. The van der Waals surface area contributed by atoms with Crippen LogP contribution in [0.1, 0.15) is 58.6 Å². The van der Waals surface area contributed by atoms with Crippen LogP contribution in [0.4, 0.5) is 10.1 Å². The lowest BCUT2D eigenvalue weighted by Gasteiger charge is -2.29. The monoisotopic (exact) mass is 292 g/mol. The fourth-order valence-electron chi connectivity index (χ4n) is 3.24. The van der Waals surface area contributed by atoms with Crippen LogP contribution in [0.25, 0.3) is 0 Å². The van der Waals surface area contributed by atoms with Gasteiger partial charge < -0.3 is 10.2 Å². The summed E-state index contributed by atoms with van der Waals surface area (Å²) in [7, 11) is 0. The summed E-state index contributed by atoms with van der Waals surface area (Å²) < 4.78 is 13.7. The Morgan fingerprint density at radius 2 is 2.05 bits per heavy atom. The number of rotatable bonds is 4. The fourth-order valence-corrected chi connectivity index (χ4v) is 3.24. The summed E-state index contributed by atoms with van der Waals surface area (Å²) >= 11 is 0. The summed E-state index contributed by atoms with van der Waals surface area (Å²) in [6, 6.07) is 5.42. The smallest absolute Gasteiger partial charge is 0.123 e. The Bertz CT molecular complexity index is 470. The van der Waals surface area contributed by atoms with Crippen LogP contribution in [0.15, 0.2) is 18.2 Å². The molecular formula is C18H29FN2. The van der Waals surface area contributed by atoms with Crippen LogP contribution in [0.2, 0.25) is 0 Å². The van der Waals surface area contributed by atoms with Gasteiger partial charge in [0.15, 0.2) is 0 Å². The van der Waals surface area contributed by atoms with Crippen LogP contribution in [-0.2, 0) is 0 Å². The number of nitrogens with one attached hydrogen (secondary N) is 1. The summed E-state index contributed by atoms with van der Waals surface area (Å²) in [6.45, 7) is 11.9. The Kier molecular flexibility index (Phi) is 5.26. The molecule has 0 aromatic heterocycles. The van der Waals surface area contributed by atoms with Crippen molar-refractivity contribution < 1.29 is 4.39 Å². The highest BCUT2D eigenvalue weighted by Crippen LogP contribution is 2.34. The predicted octanol–water partition coefficient (Wildman–Crippen LogP) is 4.51. The molecule has 1 aliphatic heterocycles. The highest BCUT2D eigenvalue weighted by molar-refractivity contribution is 5.55. The van der Waals surface area contributed by atoms with Crippen molar-refractivity contribution in [3.8, 4) is 0 Å². The fraction of sp³-hybridized carbons (Fsp3) is 0.667. The van der Waals surface area contributed by atoms with Gasteiger partial charge in [-0.25, -0.2) is 4.39 Å². The van der Waals surface area contributed by atoms with Gasteiger partial charge in [0, 0.05) is 24.8 Å². The van der Waals surface area contributed by atoms with Gasteiger partial charge in [-0.2, -0.15) is 0 Å². The van der Waals surface area contributed by atoms with E-state index >= 15 is 0 Å². The average molecular weight is 292 g/mol. The molecule has 1 N–H and O–H groups in total. The Morgan fingerprint density at radius 3 is 2.76 bits per heavy atom. The zero-order valence-electron chi connectivity index (χ0n) is 13.9. The van der Waals surface area contributed by atoms with E-state index in [4.69, 9.17) is 0 Å². The highest BCUT2D eigenvalue weighted by atomic mass is 19.1. The second kappa shape index (κ2) is 6.78. The first kappa shape index (κ1) is 16.3. The van der Waals surface area contributed by atoms with Gasteiger partial charge in [0.1, 0.15) is 5.82 Å². The Morgan fingerprint density at radius 1 is 1.29 bits per heavy atom. The molecule has 0 bridgehead atoms. The zero-order valence-corrected chi connectivity index (χ0v) is 13.9. The molecule has 1 unspecified atom stereocenters. The van der Waals surface area contributed by atoms with Crippen LogP contribution in [0, 0.1) is 11.2 Å². The number of hydrogen-bond donors (Lipinski definition) is 1. The number of halogens is 1. The van der Waals surface area contributed by atoms with E-state index in [0.29, 0.717) is 5.41 Å². The lowest BCUT2D eigenvalue weighted by molar-refractivity contribution is 0.325. The summed E-state index contributed by atoms with van der Waals surface area (Å²) in [5.74, 6) is -0.145. The second-order valence-electron chi connectivity index (χ2n) is 6.99. The van der Waals surface area contributed by atoms with E-state index < -0.39 is 0 Å². The van der Waals surface area contributed by atoms with E-state index in [2.05, 4.69) is 37.9 Å². The molecule has 0 spiro atoms. The molecule has 2 nitrogen and oxygen atoms in total. The summed E-state index contributed by atoms with van der Waals surface area (Å²) in [4.78, 5) is 2.44. The SMILES string of the molecule is CCNC(C)c1cc(F)ccc1N1CCCC(C)(C)CC1. The van der Waals surface area contributed by atoms with Crippen LogP contribution in [-0.4, -0.2) is 19.6 Å². The molecule has 0 amide bonds. The maximum Gasteiger partial charge on any atom is 0.123 e. The van der Waals surface area contributed by atoms with Crippen molar-refractivity contribution in [3.63, 3.8) is 0 Å². The lowest BCUT2D eigenvalue weighted by atomic mass is 9.85. The summed E-state index contributed by atoms with van der Waals surface area (Å²) in [6.07, 6.45) is 3.67. The maximum atomic E-state index is 13.7. The van der Waals surface area contributed by atoms with E-state index in [0.717, 1.165) is 25.2 Å². The normalized spacial score (nSPS) is 20.1. The molecule has 2 rings (SSSR count). The van der Waals surface area contributed by atoms with Crippen molar-refractivity contribution >= 4 is 5.69 Å². The first-order valence-corrected chi connectivity index (χ1v) is 8.21. The molecule has 1 aromatic carbocycles. The number of nitrogens with zero attached hydrogens (tertiary/aromatic N) is 1. The number of benzene rings is 1. The zero-order chi connectivity index (χ0) is 15.5. The molecule has 0 radical (unpaired) electrons. The van der Waals surface area contributed by atoms with Gasteiger partial charge in [-0.3, -0.25) is 0 Å². The molecule has 1 saturated heterocycles. The molecule has 3 heteroatoms. The third-order valence-electron chi connectivity index (χ3n) is 4.65. The number of hydrogen-bond acceptors (Lipinski definition) is 2. The molecule has 1 atom stereocenters. The van der Waals surface area contributed by atoms with Crippen molar-refractivity contribution in [3.05, 3.63) is 29.6 Å². The predicted molar refractivity (Wildman–Crippen MR) is 88.3 cm³/mol. The quantitative estimate of drug-likeness (QED) is 0.878. The molecule has 0 aliphatic carbocycles. The van der Waals surface area contributed by atoms with E-state index in [9.17, 15) is 4.39 Å². The van der Waals surface area contributed by atoms with E-state index in [1.807, 2.05) is 6.07 Å². The van der Waals surface area contributed by atoms with E-state index in [-0.39, 0.29) is 11.9 Å². The van der Waals surface area contributed by atoms with Gasteiger partial charge in [-0.1, -0.05) is 20.8 Å². The molecule has 0 saturated carbocycles. The van der Waals surface area contributed by atoms with Crippen LogP contribution < -0.4 is 10.2 Å². The summed E-state index contributed by atoms with van der Waals surface area (Å²) in [5, 5.41) is 3.41. The Labute approximate surface area is 128 Å². The van der Waals surface area contributed by atoms with Gasteiger partial charge in [-0.05, 0) is 61.9 Å². The highest BCUT2D eigenvalue weighted by Gasteiger charge is 2.25. The topological polar surface area (TPSA) is 15.3 Å². The minimum Gasteiger partial charge on any atom is -0.371 e.